The van der Waals surface area contributed by atoms with Crippen LogP contribution in [-0.2, 0) is 27.2 Å². The molecule has 41 heavy (non-hydrogen) atoms. The summed E-state index contributed by atoms with van der Waals surface area (Å²) in [6, 6.07) is 12.5. The number of hydrogen-bond donors (Lipinski definition) is 3. The van der Waals surface area contributed by atoms with Crippen LogP contribution >= 0.6 is 0 Å². The van der Waals surface area contributed by atoms with Crippen LogP contribution in [0.2, 0.25) is 0 Å². The molecule has 8 nitrogen and oxygen atoms in total. The van der Waals surface area contributed by atoms with E-state index >= 15 is 0 Å². The van der Waals surface area contributed by atoms with Crippen molar-refractivity contribution in [3.8, 4) is 5.75 Å². The Morgan fingerprint density at radius 2 is 1.49 bits per heavy atom. The highest BCUT2D eigenvalue weighted by atomic mass is 16.6. The number of nitrogens with zero attached hydrogens (tertiary/aromatic N) is 1. The van der Waals surface area contributed by atoms with Crippen molar-refractivity contribution in [2.45, 2.75) is 104 Å². The Balaban J connectivity index is 2.51. The zero-order chi connectivity index (χ0) is 30.4. The van der Waals surface area contributed by atoms with E-state index in [-0.39, 0.29) is 24.0 Å². The van der Waals surface area contributed by atoms with Crippen LogP contribution in [0.15, 0.2) is 48.5 Å². The van der Waals surface area contributed by atoms with Crippen molar-refractivity contribution < 1.29 is 24.2 Å². The molecule has 0 bridgehead atoms. The van der Waals surface area contributed by atoms with Gasteiger partial charge in [0.15, 0.2) is 0 Å². The minimum atomic E-state index is -0.989. The average Bonchev–Trinajstić information content (AvgIpc) is 2.93. The Labute approximate surface area is 245 Å². The summed E-state index contributed by atoms with van der Waals surface area (Å²) < 4.78 is 5.49. The fourth-order valence-corrected chi connectivity index (χ4v) is 4.50. The molecule has 2 atom stereocenters. The molecule has 2 aromatic rings. The lowest BCUT2D eigenvalue weighted by molar-refractivity contribution is -0.142. The zero-order valence-electron chi connectivity index (χ0n) is 25.7. The predicted molar refractivity (Wildman–Crippen MR) is 163 cm³/mol. The second-order valence-corrected chi connectivity index (χ2v) is 11.5. The van der Waals surface area contributed by atoms with Crippen molar-refractivity contribution in [3.05, 3.63) is 65.2 Å². The molecule has 2 rings (SSSR count). The first-order valence-corrected chi connectivity index (χ1v) is 14.9. The van der Waals surface area contributed by atoms with Gasteiger partial charge in [-0.15, -0.1) is 0 Å². The number of carbonyl (C=O) groups is 3. The van der Waals surface area contributed by atoms with Crippen LogP contribution in [-0.4, -0.2) is 52.6 Å². The average molecular weight is 568 g/mol. The van der Waals surface area contributed by atoms with E-state index in [1.807, 2.05) is 31.2 Å². The van der Waals surface area contributed by atoms with Gasteiger partial charge in [-0.05, 0) is 68.9 Å². The maximum Gasteiger partial charge on any atom is 0.408 e. The SMILES string of the molecule is CCCCCNC(=O)C(c1ccc(CC)cc1)N(CCCC)C(=O)C(Cc1ccc(O)cc1)NC(=O)OC(C)(C)C. The molecule has 0 radical (unpaired) electrons. The Morgan fingerprint density at radius 3 is 2.05 bits per heavy atom. The lowest BCUT2D eigenvalue weighted by atomic mass is 9.98. The number of amides is 3. The van der Waals surface area contributed by atoms with Crippen molar-refractivity contribution in [3.63, 3.8) is 0 Å². The summed E-state index contributed by atoms with van der Waals surface area (Å²) in [5.74, 6) is -0.502. The molecular weight excluding hydrogens is 518 g/mol. The summed E-state index contributed by atoms with van der Waals surface area (Å²) in [5, 5.41) is 15.6. The molecule has 0 aromatic heterocycles. The van der Waals surface area contributed by atoms with Crippen LogP contribution in [0.3, 0.4) is 0 Å². The van der Waals surface area contributed by atoms with Crippen LogP contribution < -0.4 is 10.6 Å². The smallest absolute Gasteiger partial charge is 0.408 e. The minimum Gasteiger partial charge on any atom is -0.508 e. The third kappa shape index (κ3) is 11.5. The van der Waals surface area contributed by atoms with Gasteiger partial charge in [0.1, 0.15) is 23.4 Å². The van der Waals surface area contributed by atoms with Crippen molar-refractivity contribution in [2.24, 2.45) is 0 Å². The summed E-state index contributed by atoms with van der Waals surface area (Å²) in [5.41, 5.74) is 1.86. The van der Waals surface area contributed by atoms with Crippen molar-refractivity contribution in [1.82, 2.24) is 15.5 Å². The fourth-order valence-electron chi connectivity index (χ4n) is 4.50. The number of alkyl carbamates (subject to hydrolysis) is 1. The number of benzene rings is 2. The van der Waals surface area contributed by atoms with E-state index in [1.54, 1.807) is 49.9 Å². The highest BCUT2D eigenvalue weighted by Gasteiger charge is 2.36. The van der Waals surface area contributed by atoms with Gasteiger partial charge in [0.2, 0.25) is 11.8 Å². The maximum absolute atomic E-state index is 14.4. The molecule has 3 N–H and O–H groups in total. The van der Waals surface area contributed by atoms with Gasteiger partial charge in [0, 0.05) is 19.5 Å². The van der Waals surface area contributed by atoms with E-state index in [9.17, 15) is 19.5 Å². The normalized spacial score (nSPS) is 12.7. The summed E-state index contributed by atoms with van der Waals surface area (Å²) in [6.07, 6.45) is 4.73. The first kappa shape index (κ1) is 33.7. The first-order valence-electron chi connectivity index (χ1n) is 14.9. The van der Waals surface area contributed by atoms with E-state index in [0.29, 0.717) is 19.5 Å². The highest BCUT2D eigenvalue weighted by molar-refractivity contribution is 5.92. The number of hydrogen-bond acceptors (Lipinski definition) is 5. The van der Waals surface area contributed by atoms with Crippen LogP contribution in [0.5, 0.6) is 5.75 Å². The van der Waals surface area contributed by atoms with Gasteiger partial charge in [-0.2, -0.15) is 0 Å². The largest absolute Gasteiger partial charge is 0.508 e. The Hall–Kier alpha value is -3.55. The van der Waals surface area contributed by atoms with Gasteiger partial charge in [-0.1, -0.05) is 76.4 Å². The molecule has 0 aliphatic carbocycles. The van der Waals surface area contributed by atoms with Gasteiger partial charge in [-0.3, -0.25) is 9.59 Å². The molecule has 0 fully saturated rings. The van der Waals surface area contributed by atoms with Gasteiger partial charge in [0.05, 0.1) is 0 Å². The third-order valence-electron chi connectivity index (χ3n) is 6.74. The molecule has 0 aliphatic heterocycles. The van der Waals surface area contributed by atoms with Crippen molar-refractivity contribution in [2.75, 3.05) is 13.1 Å². The molecule has 3 amide bonds. The van der Waals surface area contributed by atoms with Gasteiger partial charge >= 0.3 is 6.09 Å². The molecule has 0 saturated heterocycles. The van der Waals surface area contributed by atoms with E-state index in [0.717, 1.165) is 48.8 Å². The minimum absolute atomic E-state index is 0.108. The van der Waals surface area contributed by atoms with Gasteiger partial charge < -0.3 is 25.4 Å². The number of nitrogens with one attached hydrogen (secondary N) is 2. The van der Waals surface area contributed by atoms with Crippen LogP contribution in [0.1, 0.15) is 96.4 Å². The standard InChI is InChI=1S/C33H49N3O5/c1-7-10-12-21-34-30(38)29(26-17-13-24(9-3)14-18-26)36(22-11-8-2)31(39)28(35-32(40)41-33(4,5)6)23-25-15-19-27(37)20-16-25/h13-20,28-29,37H,7-12,21-23H2,1-6H3,(H,34,38)(H,35,40). The van der Waals surface area contributed by atoms with Crippen LogP contribution in [0.4, 0.5) is 4.79 Å². The second-order valence-electron chi connectivity index (χ2n) is 11.5. The monoisotopic (exact) mass is 567 g/mol. The Bertz CT molecular complexity index is 1090. The number of phenolic OH excluding ortho intramolecular Hbond substituents is 1. The molecular formula is C33H49N3O5. The Kier molecular flexibility index (Phi) is 13.7. The summed E-state index contributed by atoms with van der Waals surface area (Å²) >= 11 is 0. The molecule has 0 spiro atoms. The summed E-state index contributed by atoms with van der Waals surface area (Å²) in [7, 11) is 0. The van der Waals surface area contributed by atoms with Gasteiger partial charge in [-0.25, -0.2) is 4.79 Å². The van der Waals surface area contributed by atoms with Crippen LogP contribution in [0, 0.1) is 0 Å². The number of unbranched alkanes of at least 4 members (excludes halogenated alkanes) is 3. The maximum atomic E-state index is 14.4. The van der Waals surface area contributed by atoms with E-state index in [2.05, 4.69) is 24.5 Å². The lowest BCUT2D eigenvalue weighted by Gasteiger charge is -2.34. The number of aryl methyl sites for hydroxylation is 1. The predicted octanol–water partition coefficient (Wildman–Crippen LogP) is 6.07. The van der Waals surface area contributed by atoms with Crippen molar-refractivity contribution >= 4 is 17.9 Å². The van der Waals surface area contributed by atoms with Crippen molar-refractivity contribution in [1.29, 1.82) is 0 Å². The van der Waals surface area contributed by atoms with Crippen LogP contribution in [0.25, 0.3) is 0 Å². The number of carbonyl (C=O) groups excluding carboxylic acids is 3. The molecule has 0 heterocycles. The lowest BCUT2D eigenvalue weighted by Crippen LogP contribution is -2.54. The molecule has 2 aromatic carbocycles. The first-order chi connectivity index (χ1) is 19.5. The topological polar surface area (TPSA) is 108 Å². The highest BCUT2D eigenvalue weighted by Crippen LogP contribution is 2.25. The number of phenols is 1. The number of ether oxygens (including phenoxy) is 1. The quantitative estimate of drug-likeness (QED) is 0.227. The van der Waals surface area contributed by atoms with E-state index < -0.39 is 23.8 Å². The Morgan fingerprint density at radius 1 is 0.878 bits per heavy atom. The summed E-state index contributed by atoms with van der Waals surface area (Å²) in [6.45, 7) is 12.4. The number of rotatable bonds is 15. The summed E-state index contributed by atoms with van der Waals surface area (Å²) in [4.78, 5) is 42.6. The molecule has 0 saturated carbocycles. The molecule has 0 aliphatic rings. The van der Waals surface area contributed by atoms with Gasteiger partial charge in [0.25, 0.3) is 0 Å². The van der Waals surface area contributed by atoms with E-state index in [4.69, 9.17) is 4.74 Å². The molecule has 2 unspecified atom stereocenters. The zero-order valence-corrected chi connectivity index (χ0v) is 25.7. The molecule has 8 heteroatoms. The third-order valence-corrected chi connectivity index (χ3v) is 6.74. The van der Waals surface area contributed by atoms with E-state index in [1.165, 1.54) is 0 Å². The molecule has 226 valence electrons. The number of aromatic hydroxyl groups is 1. The second kappa shape index (κ2) is 16.7. The fraction of sp³-hybridized carbons (Fsp3) is 0.545.